The first-order valence-corrected chi connectivity index (χ1v) is 7.60. The highest BCUT2D eigenvalue weighted by Gasteiger charge is 2.33. The second-order valence-electron chi connectivity index (χ2n) is 5.47. The van der Waals surface area contributed by atoms with Crippen LogP contribution in [0.3, 0.4) is 0 Å². The molecule has 0 unspecified atom stereocenters. The van der Waals surface area contributed by atoms with E-state index in [1.807, 2.05) is 0 Å². The summed E-state index contributed by atoms with van der Waals surface area (Å²) in [7, 11) is 0. The van der Waals surface area contributed by atoms with Gasteiger partial charge in [0.2, 0.25) is 0 Å². The Kier molecular flexibility index (Phi) is 4.95. The second-order valence-corrected chi connectivity index (χ2v) is 6.33. The van der Waals surface area contributed by atoms with Gasteiger partial charge in [-0.2, -0.15) is 0 Å². The largest absolute Gasteiger partial charge is 0.396 e. The van der Waals surface area contributed by atoms with Crippen molar-refractivity contribution in [2.24, 2.45) is 5.41 Å². The Morgan fingerprint density at radius 2 is 2.10 bits per heavy atom. The van der Waals surface area contributed by atoms with Crippen LogP contribution < -0.4 is 5.32 Å². The van der Waals surface area contributed by atoms with E-state index in [1.54, 1.807) is 0 Å². The molecule has 6 nitrogen and oxygen atoms in total. The van der Waals surface area contributed by atoms with Gasteiger partial charge in [0.15, 0.2) is 0 Å². The van der Waals surface area contributed by atoms with E-state index in [0.717, 1.165) is 25.7 Å². The van der Waals surface area contributed by atoms with Crippen molar-refractivity contribution in [1.29, 1.82) is 0 Å². The third-order valence-electron chi connectivity index (χ3n) is 4.03. The Labute approximate surface area is 130 Å². The van der Waals surface area contributed by atoms with E-state index in [-0.39, 0.29) is 29.2 Å². The molecule has 0 atom stereocenters. The summed E-state index contributed by atoms with van der Waals surface area (Å²) >= 11 is 3.09. The van der Waals surface area contributed by atoms with Crippen LogP contribution in [0.4, 0.5) is 5.69 Å². The number of amides is 1. The van der Waals surface area contributed by atoms with Crippen molar-refractivity contribution in [2.75, 3.05) is 13.2 Å². The molecule has 1 fully saturated rings. The number of hydrogen-bond acceptors (Lipinski definition) is 4. The van der Waals surface area contributed by atoms with Crippen molar-refractivity contribution in [3.05, 3.63) is 38.3 Å². The Balaban J connectivity index is 2.07. The number of carbonyl (C=O) groups excluding carboxylic acids is 1. The summed E-state index contributed by atoms with van der Waals surface area (Å²) in [5.74, 6) is -0.356. The van der Waals surface area contributed by atoms with E-state index in [0.29, 0.717) is 11.0 Å². The van der Waals surface area contributed by atoms with Crippen molar-refractivity contribution >= 4 is 27.5 Å². The molecule has 0 spiro atoms. The molecule has 1 aliphatic rings. The fourth-order valence-electron chi connectivity index (χ4n) is 2.68. The zero-order valence-corrected chi connectivity index (χ0v) is 13.1. The van der Waals surface area contributed by atoms with Crippen LogP contribution in [0.5, 0.6) is 0 Å². The van der Waals surface area contributed by atoms with E-state index in [4.69, 9.17) is 0 Å². The third-order valence-corrected chi connectivity index (χ3v) is 4.70. The topological polar surface area (TPSA) is 92.5 Å². The summed E-state index contributed by atoms with van der Waals surface area (Å²) in [6, 6.07) is 4.27. The lowest BCUT2D eigenvalue weighted by molar-refractivity contribution is -0.385. The number of aliphatic hydroxyl groups is 1. The molecule has 21 heavy (non-hydrogen) atoms. The highest BCUT2D eigenvalue weighted by Crippen LogP contribution is 2.37. The van der Waals surface area contributed by atoms with Gasteiger partial charge in [-0.25, -0.2) is 0 Å². The summed E-state index contributed by atoms with van der Waals surface area (Å²) in [6.45, 7) is 0.444. The van der Waals surface area contributed by atoms with Crippen LogP contribution in [0.25, 0.3) is 0 Å². The number of nitrogens with one attached hydrogen (secondary N) is 1. The van der Waals surface area contributed by atoms with E-state index in [1.165, 1.54) is 18.2 Å². The van der Waals surface area contributed by atoms with E-state index < -0.39 is 4.92 Å². The number of nitrogens with zero attached hydrogens (tertiary/aromatic N) is 1. The van der Waals surface area contributed by atoms with Crippen LogP contribution in [0.1, 0.15) is 36.0 Å². The molecule has 0 heterocycles. The van der Waals surface area contributed by atoms with Crippen molar-refractivity contribution in [3.63, 3.8) is 0 Å². The molecule has 0 bridgehead atoms. The number of carbonyl (C=O) groups is 1. The first-order valence-electron chi connectivity index (χ1n) is 6.80. The number of halogens is 1. The summed E-state index contributed by atoms with van der Waals surface area (Å²) in [4.78, 5) is 22.5. The van der Waals surface area contributed by atoms with Crippen LogP contribution >= 0.6 is 15.9 Å². The predicted octanol–water partition coefficient (Wildman–Crippen LogP) is 2.64. The van der Waals surface area contributed by atoms with E-state index >= 15 is 0 Å². The number of aliphatic hydroxyl groups excluding tert-OH is 1. The minimum absolute atomic E-state index is 0.0494. The summed E-state index contributed by atoms with van der Waals surface area (Å²) < 4.78 is 0.340. The molecule has 2 N–H and O–H groups in total. The highest BCUT2D eigenvalue weighted by molar-refractivity contribution is 9.10. The minimum Gasteiger partial charge on any atom is -0.396 e. The number of hydrogen-bond donors (Lipinski definition) is 2. The molecular formula is C14H17BrN2O4. The van der Waals surface area contributed by atoms with Gasteiger partial charge in [0.05, 0.1) is 16.0 Å². The molecule has 1 saturated carbocycles. The SMILES string of the molecule is O=C(NCC1(CO)CCCC1)c1ccc(Br)c([N+](=O)[O-])c1. The van der Waals surface area contributed by atoms with Gasteiger partial charge in [-0.15, -0.1) is 0 Å². The molecule has 0 aromatic heterocycles. The van der Waals surface area contributed by atoms with Gasteiger partial charge in [0.1, 0.15) is 0 Å². The molecule has 0 radical (unpaired) electrons. The average Bonchev–Trinajstić information content (AvgIpc) is 2.94. The Hall–Kier alpha value is -1.47. The first-order chi connectivity index (χ1) is 9.97. The minimum atomic E-state index is -0.535. The lowest BCUT2D eigenvalue weighted by Crippen LogP contribution is -2.38. The molecule has 114 valence electrons. The quantitative estimate of drug-likeness (QED) is 0.626. The number of benzene rings is 1. The van der Waals surface area contributed by atoms with Crippen LogP contribution in [-0.2, 0) is 0 Å². The van der Waals surface area contributed by atoms with Gasteiger partial charge < -0.3 is 10.4 Å². The van der Waals surface area contributed by atoms with Crippen molar-refractivity contribution < 1.29 is 14.8 Å². The normalized spacial score (nSPS) is 16.7. The average molecular weight is 357 g/mol. The lowest BCUT2D eigenvalue weighted by Gasteiger charge is -2.26. The summed E-state index contributed by atoms with van der Waals surface area (Å²) in [5.41, 5.74) is -0.131. The first kappa shape index (κ1) is 15.9. The van der Waals surface area contributed by atoms with Gasteiger partial charge in [-0.05, 0) is 40.9 Å². The van der Waals surface area contributed by atoms with Gasteiger partial charge >= 0.3 is 0 Å². The maximum absolute atomic E-state index is 12.1. The van der Waals surface area contributed by atoms with Crippen LogP contribution in [0.15, 0.2) is 22.7 Å². The third kappa shape index (κ3) is 3.59. The fourth-order valence-corrected chi connectivity index (χ4v) is 3.07. The van der Waals surface area contributed by atoms with Gasteiger partial charge in [0.25, 0.3) is 11.6 Å². The van der Waals surface area contributed by atoms with Crippen LogP contribution in [-0.4, -0.2) is 29.1 Å². The summed E-state index contributed by atoms with van der Waals surface area (Å²) in [5, 5.41) is 23.2. The monoisotopic (exact) mass is 356 g/mol. The number of rotatable bonds is 5. The van der Waals surface area contributed by atoms with Crippen molar-refractivity contribution in [2.45, 2.75) is 25.7 Å². The molecule has 0 aliphatic heterocycles. The zero-order valence-electron chi connectivity index (χ0n) is 11.5. The molecule has 1 aromatic rings. The molecule has 1 aliphatic carbocycles. The lowest BCUT2D eigenvalue weighted by atomic mass is 9.87. The van der Waals surface area contributed by atoms with Crippen LogP contribution in [0, 0.1) is 15.5 Å². The molecule has 7 heteroatoms. The second kappa shape index (κ2) is 6.53. The maximum atomic E-state index is 12.1. The highest BCUT2D eigenvalue weighted by atomic mass is 79.9. The molecule has 2 rings (SSSR count). The van der Waals surface area contributed by atoms with Crippen molar-refractivity contribution in [3.8, 4) is 0 Å². The van der Waals surface area contributed by atoms with Gasteiger partial charge in [0, 0.05) is 23.6 Å². The smallest absolute Gasteiger partial charge is 0.284 e. The Morgan fingerprint density at radius 1 is 1.43 bits per heavy atom. The van der Waals surface area contributed by atoms with Gasteiger partial charge in [-0.3, -0.25) is 14.9 Å². The number of nitro benzene ring substituents is 1. The molecular weight excluding hydrogens is 340 g/mol. The Morgan fingerprint density at radius 3 is 2.67 bits per heavy atom. The standard InChI is InChI=1S/C14H17BrN2O4/c15-11-4-3-10(7-12(11)17(20)21)13(19)16-8-14(9-18)5-1-2-6-14/h3-4,7,18H,1-2,5-6,8-9H2,(H,16,19). The van der Waals surface area contributed by atoms with E-state index in [9.17, 15) is 20.0 Å². The maximum Gasteiger partial charge on any atom is 0.284 e. The van der Waals surface area contributed by atoms with Gasteiger partial charge in [-0.1, -0.05) is 12.8 Å². The predicted molar refractivity (Wildman–Crippen MR) is 81.1 cm³/mol. The number of nitro groups is 1. The zero-order chi connectivity index (χ0) is 15.5. The fraction of sp³-hybridized carbons (Fsp3) is 0.500. The van der Waals surface area contributed by atoms with Crippen molar-refractivity contribution in [1.82, 2.24) is 5.32 Å². The van der Waals surface area contributed by atoms with E-state index in [2.05, 4.69) is 21.2 Å². The molecule has 1 aromatic carbocycles. The molecule has 1 amide bonds. The summed E-state index contributed by atoms with van der Waals surface area (Å²) in [6.07, 6.45) is 3.90. The Bertz CT molecular complexity index is 556. The molecule has 0 saturated heterocycles. The van der Waals surface area contributed by atoms with Crippen LogP contribution in [0.2, 0.25) is 0 Å².